The molecule has 15 heavy (non-hydrogen) atoms. The van der Waals surface area contributed by atoms with Crippen LogP contribution in [0.2, 0.25) is 0 Å². The van der Waals surface area contributed by atoms with Gasteiger partial charge in [0.1, 0.15) is 17.0 Å². The molecule has 0 saturated heterocycles. The van der Waals surface area contributed by atoms with Gasteiger partial charge in [0.25, 0.3) is 0 Å². The summed E-state index contributed by atoms with van der Waals surface area (Å²) < 4.78 is 0. The summed E-state index contributed by atoms with van der Waals surface area (Å²) in [5.74, 6) is 0.983. The van der Waals surface area contributed by atoms with Crippen LogP contribution in [0.15, 0.2) is 17.8 Å². The molecule has 78 valence electrons. The molecule has 2 aromatic heterocycles. The zero-order chi connectivity index (χ0) is 10.5. The fraction of sp³-hybridized carbons (Fsp3) is 0.455. The summed E-state index contributed by atoms with van der Waals surface area (Å²) >= 11 is 1.66. The summed E-state index contributed by atoms with van der Waals surface area (Å²) in [4.78, 5) is 9.60. The Hall–Kier alpha value is -1.16. The van der Waals surface area contributed by atoms with E-state index in [-0.39, 0.29) is 0 Å². The molecule has 0 aromatic carbocycles. The van der Waals surface area contributed by atoms with E-state index in [9.17, 15) is 0 Å². The van der Waals surface area contributed by atoms with E-state index in [1.54, 1.807) is 17.7 Å². The highest BCUT2D eigenvalue weighted by Crippen LogP contribution is 2.46. The zero-order valence-corrected chi connectivity index (χ0v) is 9.64. The van der Waals surface area contributed by atoms with Gasteiger partial charge in [-0.1, -0.05) is 13.8 Å². The van der Waals surface area contributed by atoms with Crippen molar-refractivity contribution in [3.05, 3.63) is 17.8 Å². The Morgan fingerprint density at radius 3 is 3.00 bits per heavy atom. The van der Waals surface area contributed by atoms with Gasteiger partial charge in [-0.2, -0.15) is 0 Å². The first kappa shape index (κ1) is 9.09. The number of nitrogens with zero attached hydrogens (tertiary/aromatic N) is 2. The van der Waals surface area contributed by atoms with Crippen molar-refractivity contribution in [3.8, 4) is 0 Å². The van der Waals surface area contributed by atoms with Crippen LogP contribution in [-0.4, -0.2) is 16.0 Å². The SMILES string of the molecule is CC1(C)CC1Nc1ncnc2sccc12. The van der Waals surface area contributed by atoms with Crippen LogP contribution in [0.25, 0.3) is 10.2 Å². The van der Waals surface area contributed by atoms with E-state index < -0.39 is 0 Å². The van der Waals surface area contributed by atoms with E-state index >= 15 is 0 Å². The second-order valence-electron chi connectivity index (χ2n) is 4.75. The minimum atomic E-state index is 0.424. The molecular formula is C11H13N3S. The average Bonchev–Trinajstić information content (AvgIpc) is 2.66. The third-order valence-electron chi connectivity index (χ3n) is 3.09. The van der Waals surface area contributed by atoms with Gasteiger partial charge in [0, 0.05) is 6.04 Å². The highest BCUT2D eigenvalue weighted by Gasteiger charge is 2.46. The first-order valence-electron chi connectivity index (χ1n) is 5.11. The summed E-state index contributed by atoms with van der Waals surface area (Å²) in [5, 5.41) is 6.69. The summed E-state index contributed by atoms with van der Waals surface area (Å²) in [6, 6.07) is 2.65. The van der Waals surface area contributed by atoms with Gasteiger partial charge in [0.05, 0.1) is 5.39 Å². The second kappa shape index (κ2) is 2.92. The molecule has 1 unspecified atom stereocenters. The molecule has 1 aliphatic rings. The van der Waals surface area contributed by atoms with E-state index in [0.29, 0.717) is 11.5 Å². The molecule has 3 nitrogen and oxygen atoms in total. The molecule has 0 radical (unpaired) electrons. The average molecular weight is 219 g/mol. The normalized spacial score (nSPS) is 22.9. The molecule has 1 fully saturated rings. The molecular weight excluding hydrogens is 206 g/mol. The molecule has 1 aliphatic carbocycles. The molecule has 1 atom stereocenters. The summed E-state index contributed by atoms with van der Waals surface area (Å²) in [5.41, 5.74) is 0.424. The second-order valence-corrected chi connectivity index (χ2v) is 5.65. The van der Waals surface area contributed by atoms with Crippen molar-refractivity contribution in [1.82, 2.24) is 9.97 Å². The fourth-order valence-electron chi connectivity index (χ4n) is 1.78. The van der Waals surface area contributed by atoms with Gasteiger partial charge < -0.3 is 5.32 Å². The fourth-order valence-corrected chi connectivity index (χ4v) is 2.52. The van der Waals surface area contributed by atoms with Crippen molar-refractivity contribution >= 4 is 27.4 Å². The molecule has 4 heteroatoms. The number of anilines is 1. The van der Waals surface area contributed by atoms with E-state index in [2.05, 4.69) is 40.6 Å². The lowest BCUT2D eigenvalue weighted by Crippen LogP contribution is -2.09. The molecule has 2 heterocycles. The molecule has 3 rings (SSSR count). The topological polar surface area (TPSA) is 37.8 Å². The number of hydrogen-bond acceptors (Lipinski definition) is 4. The number of rotatable bonds is 2. The Bertz CT molecular complexity index is 503. The minimum absolute atomic E-state index is 0.424. The van der Waals surface area contributed by atoms with Crippen LogP contribution in [0.4, 0.5) is 5.82 Å². The molecule has 0 aliphatic heterocycles. The molecule has 0 bridgehead atoms. The standard InChI is InChI=1S/C11H13N3S/c1-11(2)5-8(11)14-9-7-3-4-15-10(7)13-6-12-9/h3-4,6,8H,5H2,1-2H3,(H,12,13,14). The number of nitrogens with one attached hydrogen (secondary N) is 1. The number of hydrogen-bond donors (Lipinski definition) is 1. The first-order chi connectivity index (χ1) is 7.17. The highest BCUT2D eigenvalue weighted by molar-refractivity contribution is 7.16. The largest absolute Gasteiger partial charge is 0.366 e. The minimum Gasteiger partial charge on any atom is -0.366 e. The molecule has 1 saturated carbocycles. The van der Waals surface area contributed by atoms with Crippen molar-refractivity contribution < 1.29 is 0 Å². The van der Waals surface area contributed by atoms with Crippen LogP contribution < -0.4 is 5.32 Å². The van der Waals surface area contributed by atoms with Crippen LogP contribution in [-0.2, 0) is 0 Å². The molecule has 1 N–H and O–H groups in total. The van der Waals surface area contributed by atoms with E-state index in [1.165, 1.54) is 6.42 Å². The smallest absolute Gasteiger partial charge is 0.138 e. The third-order valence-corrected chi connectivity index (χ3v) is 3.91. The van der Waals surface area contributed by atoms with Crippen LogP contribution in [0, 0.1) is 5.41 Å². The molecule has 0 spiro atoms. The maximum atomic E-state index is 4.31. The summed E-state index contributed by atoms with van der Waals surface area (Å²) in [6.45, 7) is 4.55. The predicted molar refractivity (Wildman–Crippen MR) is 63.2 cm³/mol. The van der Waals surface area contributed by atoms with Gasteiger partial charge in [-0.05, 0) is 23.3 Å². The van der Waals surface area contributed by atoms with Crippen molar-refractivity contribution in [3.63, 3.8) is 0 Å². The lowest BCUT2D eigenvalue weighted by Gasteiger charge is -2.07. The van der Waals surface area contributed by atoms with Crippen molar-refractivity contribution in [2.45, 2.75) is 26.3 Å². The van der Waals surface area contributed by atoms with Crippen molar-refractivity contribution in [2.75, 3.05) is 5.32 Å². The van der Waals surface area contributed by atoms with Crippen LogP contribution in [0.1, 0.15) is 20.3 Å². The first-order valence-corrected chi connectivity index (χ1v) is 5.99. The van der Waals surface area contributed by atoms with Gasteiger partial charge >= 0.3 is 0 Å². The predicted octanol–water partition coefficient (Wildman–Crippen LogP) is 2.90. The zero-order valence-electron chi connectivity index (χ0n) is 8.82. The van der Waals surface area contributed by atoms with Crippen LogP contribution >= 0.6 is 11.3 Å². The van der Waals surface area contributed by atoms with E-state index in [1.807, 2.05) is 0 Å². The Balaban J connectivity index is 1.94. The van der Waals surface area contributed by atoms with Gasteiger partial charge in [0.15, 0.2) is 0 Å². The summed E-state index contributed by atoms with van der Waals surface area (Å²) in [7, 11) is 0. The lowest BCUT2D eigenvalue weighted by molar-refractivity contribution is 0.630. The van der Waals surface area contributed by atoms with Gasteiger partial charge in [-0.25, -0.2) is 9.97 Å². The quantitative estimate of drug-likeness (QED) is 0.844. The number of aromatic nitrogens is 2. The lowest BCUT2D eigenvalue weighted by atomic mass is 10.2. The summed E-state index contributed by atoms with van der Waals surface area (Å²) in [6.07, 6.45) is 2.86. The number of thiophene rings is 1. The van der Waals surface area contributed by atoms with Crippen molar-refractivity contribution in [1.29, 1.82) is 0 Å². The van der Waals surface area contributed by atoms with Gasteiger partial charge in [-0.3, -0.25) is 0 Å². The maximum Gasteiger partial charge on any atom is 0.138 e. The van der Waals surface area contributed by atoms with E-state index in [4.69, 9.17) is 0 Å². The van der Waals surface area contributed by atoms with Crippen LogP contribution in [0.5, 0.6) is 0 Å². The Labute approximate surface area is 92.6 Å². The highest BCUT2D eigenvalue weighted by atomic mass is 32.1. The van der Waals surface area contributed by atoms with Crippen LogP contribution in [0.3, 0.4) is 0 Å². The number of fused-ring (bicyclic) bond motifs is 1. The Morgan fingerprint density at radius 1 is 1.47 bits per heavy atom. The van der Waals surface area contributed by atoms with Gasteiger partial charge in [-0.15, -0.1) is 11.3 Å². The monoisotopic (exact) mass is 219 g/mol. The molecule has 0 amide bonds. The van der Waals surface area contributed by atoms with E-state index in [0.717, 1.165) is 16.0 Å². The maximum absolute atomic E-state index is 4.31. The Morgan fingerprint density at radius 2 is 2.27 bits per heavy atom. The van der Waals surface area contributed by atoms with Crippen molar-refractivity contribution in [2.24, 2.45) is 5.41 Å². The van der Waals surface area contributed by atoms with Gasteiger partial charge in [0.2, 0.25) is 0 Å². The third kappa shape index (κ3) is 1.49. The Kier molecular flexibility index (Phi) is 1.77. The molecule has 2 aromatic rings.